The molecular formula is C25H20Cl2N2O2. The van der Waals surface area contributed by atoms with Gasteiger partial charge in [-0.3, -0.25) is 4.79 Å². The zero-order chi connectivity index (χ0) is 21.5. The number of aromatic amines is 1. The lowest BCUT2D eigenvalue weighted by atomic mass is 9.91. The quantitative estimate of drug-likeness (QED) is 0.399. The number of ether oxygens (including phenoxy) is 1. The Kier molecular flexibility index (Phi) is 5.12. The Morgan fingerprint density at radius 1 is 1.06 bits per heavy atom. The number of carbonyl (C=O) groups excluding carboxylic acids is 1. The number of carbonyl (C=O) groups is 1. The van der Waals surface area contributed by atoms with E-state index in [-0.39, 0.29) is 11.9 Å². The molecule has 5 rings (SSSR count). The van der Waals surface area contributed by atoms with Gasteiger partial charge in [-0.1, -0.05) is 53.5 Å². The molecule has 0 saturated carbocycles. The molecule has 3 aromatic carbocycles. The molecule has 1 unspecified atom stereocenters. The molecule has 1 aromatic heterocycles. The second-order valence-corrected chi connectivity index (χ2v) is 8.45. The number of hydrogen-bond donors (Lipinski definition) is 1. The van der Waals surface area contributed by atoms with E-state index in [0.717, 1.165) is 28.9 Å². The van der Waals surface area contributed by atoms with Gasteiger partial charge in [0, 0.05) is 28.2 Å². The number of hydrogen-bond acceptors (Lipinski definition) is 2. The molecule has 156 valence electrons. The van der Waals surface area contributed by atoms with E-state index in [0.29, 0.717) is 22.2 Å². The van der Waals surface area contributed by atoms with Crippen molar-refractivity contribution in [3.63, 3.8) is 0 Å². The molecular weight excluding hydrogens is 431 g/mol. The van der Waals surface area contributed by atoms with Gasteiger partial charge in [0.15, 0.2) is 0 Å². The van der Waals surface area contributed by atoms with Gasteiger partial charge in [0.1, 0.15) is 5.75 Å². The van der Waals surface area contributed by atoms with Crippen LogP contribution in [0.4, 0.5) is 0 Å². The first-order chi connectivity index (χ1) is 15.1. The van der Waals surface area contributed by atoms with E-state index >= 15 is 0 Å². The van der Waals surface area contributed by atoms with Crippen molar-refractivity contribution >= 4 is 40.0 Å². The Labute approximate surface area is 190 Å². The molecule has 1 N–H and O–H groups in total. The Balaban J connectivity index is 1.65. The smallest absolute Gasteiger partial charge is 0.256 e. The van der Waals surface area contributed by atoms with Crippen LogP contribution in [-0.4, -0.2) is 29.4 Å². The Morgan fingerprint density at radius 2 is 1.84 bits per heavy atom. The molecule has 1 aliphatic rings. The van der Waals surface area contributed by atoms with Crippen molar-refractivity contribution in [2.75, 3.05) is 13.7 Å². The molecule has 1 aliphatic heterocycles. The summed E-state index contributed by atoms with van der Waals surface area (Å²) in [6.45, 7) is 0.587. The van der Waals surface area contributed by atoms with Gasteiger partial charge in [0.2, 0.25) is 0 Å². The first-order valence-corrected chi connectivity index (χ1v) is 10.8. The molecule has 4 nitrogen and oxygen atoms in total. The van der Waals surface area contributed by atoms with E-state index in [2.05, 4.69) is 17.1 Å². The minimum atomic E-state index is -0.263. The summed E-state index contributed by atoms with van der Waals surface area (Å²) >= 11 is 12.4. The fraction of sp³-hybridized carbons (Fsp3) is 0.160. The zero-order valence-corrected chi connectivity index (χ0v) is 18.4. The van der Waals surface area contributed by atoms with Crippen molar-refractivity contribution < 1.29 is 9.53 Å². The number of nitrogens with one attached hydrogen (secondary N) is 1. The highest BCUT2D eigenvalue weighted by molar-refractivity contribution is 6.36. The fourth-order valence-electron chi connectivity index (χ4n) is 4.41. The van der Waals surface area contributed by atoms with Crippen LogP contribution >= 0.6 is 23.2 Å². The lowest BCUT2D eigenvalue weighted by Gasteiger charge is -2.36. The summed E-state index contributed by atoms with van der Waals surface area (Å²) < 4.78 is 5.33. The van der Waals surface area contributed by atoms with Crippen LogP contribution in [0.5, 0.6) is 5.75 Å². The maximum Gasteiger partial charge on any atom is 0.256 e. The van der Waals surface area contributed by atoms with E-state index < -0.39 is 0 Å². The number of aromatic nitrogens is 1. The summed E-state index contributed by atoms with van der Waals surface area (Å²) in [5.41, 5.74) is 4.82. The topological polar surface area (TPSA) is 45.3 Å². The van der Waals surface area contributed by atoms with E-state index in [1.165, 1.54) is 10.9 Å². The molecule has 1 amide bonds. The summed E-state index contributed by atoms with van der Waals surface area (Å²) in [5, 5.41) is 2.06. The monoisotopic (exact) mass is 450 g/mol. The van der Waals surface area contributed by atoms with Crippen molar-refractivity contribution in [3.8, 4) is 5.75 Å². The van der Waals surface area contributed by atoms with Crippen LogP contribution in [0.15, 0.2) is 66.7 Å². The number of rotatable bonds is 3. The average molecular weight is 451 g/mol. The normalized spacial score (nSPS) is 15.7. The maximum atomic E-state index is 13.6. The van der Waals surface area contributed by atoms with Crippen molar-refractivity contribution in [2.24, 2.45) is 0 Å². The average Bonchev–Trinajstić information content (AvgIpc) is 3.17. The van der Waals surface area contributed by atoms with Crippen molar-refractivity contribution in [2.45, 2.75) is 12.5 Å². The molecule has 4 aromatic rings. The molecule has 2 heterocycles. The summed E-state index contributed by atoms with van der Waals surface area (Å²) in [5.74, 6) is 0.654. The van der Waals surface area contributed by atoms with Gasteiger partial charge < -0.3 is 14.6 Å². The molecule has 0 fully saturated rings. The zero-order valence-electron chi connectivity index (χ0n) is 16.9. The highest BCUT2D eigenvalue weighted by atomic mass is 35.5. The Hall–Kier alpha value is -2.95. The van der Waals surface area contributed by atoms with Gasteiger partial charge >= 0.3 is 0 Å². The summed E-state index contributed by atoms with van der Waals surface area (Å²) in [4.78, 5) is 19.1. The minimum absolute atomic E-state index is 0.119. The number of benzene rings is 3. The standard InChI is InChI=1S/C25H20Cl2N2O2/c1-31-17-9-6-15(7-10-17)24-23-19(18-4-2-3-5-22(18)28-23)12-13-29(24)25(30)20-11-8-16(26)14-21(20)27/h2-11,14,24,28H,12-13H2,1H3. The minimum Gasteiger partial charge on any atom is -0.497 e. The first kappa shape index (κ1) is 20.0. The number of amides is 1. The molecule has 1 atom stereocenters. The van der Waals surface area contributed by atoms with Crippen LogP contribution in [-0.2, 0) is 6.42 Å². The van der Waals surface area contributed by atoms with Crippen LogP contribution in [0.1, 0.15) is 33.2 Å². The van der Waals surface area contributed by atoms with Crippen molar-refractivity contribution in [3.05, 3.63) is 99.2 Å². The van der Waals surface area contributed by atoms with Crippen LogP contribution in [0, 0.1) is 0 Å². The first-order valence-electron chi connectivity index (χ1n) is 10.1. The molecule has 0 aliphatic carbocycles. The maximum absolute atomic E-state index is 13.6. The van der Waals surface area contributed by atoms with E-state index in [1.54, 1.807) is 25.3 Å². The largest absolute Gasteiger partial charge is 0.497 e. The molecule has 0 radical (unpaired) electrons. The predicted octanol–water partition coefficient (Wildman–Crippen LogP) is 6.27. The van der Waals surface area contributed by atoms with Gasteiger partial charge in [-0.2, -0.15) is 0 Å². The lowest BCUT2D eigenvalue weighted by Crippen LogP contribution is -2.40. The van der Waals surface area contributed by atoms with Gasteiger partial charge in [0.25, 0.3) is 5.91 Å². The molecule has 0 spiro atoms. The number of H-pyrrole nitrogens is 1. The van der Waals surface area contributed by atoms with Crippen molar-refractivity contribution in [1.82, 2.24) is 9.88 Å². The predicted molar refractivity (Wildman–Crippen MR) is 124 cm³/mol. The number of nitrogens with zero attached hydrogens (tertiary/aromatic N) is 1. The Morgan fingerprint density at radius 3 is 2.58 bits per heavy atom. The molecule has 31 heavy (non-hydrogen) atoms. The van der Waals surface area contributed by atoms with Gasteiger partial charge in [-0.25, -0.2) is 0 Å². The fourth-order valence-corrected chi connectivity index (χ4v) is 4.90. The number of fused-ring (bicyclic) bond motifs is 3. The van der Waals surface area contributed by atoms with Crippen LogP contribution in [0.3, 0.4) is 0 Å². The van der Waals surface area contributed by atoms with E-state index in [4.69, 9.17) is 27.9 Å². The highest BCUT2D eigenvalue weighted by Crippen LogP contribution is 2.40. The van der Waals surface area contributed by atoms with E-state index in [9.17, 15) is 4.79 Å². The van der Waals surface area contributed by atoms with Crippen LogP contribution < -0.4 is 4.74 Å². The summed E-state index contributed by atoms with van der Waals surface area (Å²) in [6.07, 6.45) is 0.767. The third kappa shape index (κ3) is 3.46. The SMILES string of the molecule is COc1ccc(C2c3[nH]c4ccccc4c3CCN2C(=O)c2ccc(Cl)cc2Cl)cc1. The third-order valence-corrected chi connectivity index (χ3v) is 6.44. The van der Waals surface area contributed by atoms with Crippen molar-refractivity contribution in [1.29, 1.82) is 0 Å². The summed E-state index contributed by atoms with van der Waals surface area (Å²) in [7, 11) is 1.64. The van der Waals surface area contributed by atoms with Gasteiger partial charge in [-0.05, 0) is 53.9 Å². The summed E-state index contributed by atoms with van der Waals surface area (Å²) in [6, 6.07) is 20.9. The van der Waals surface area contributed by atoms with Gasteiger partial charge in [-0.15, -0.1) is 0 Å². The lowest BCUT2D eigenvalue weighted by molar-refractivity contribution is 0.0692. The molecule has 6 heteroatoms. The second kappa shape index (κ2) is 7.95. The second-order valence-electron chi connectivity index (χ2n) is 7.61. The van der Waals surface area contributed by atoms with E-state index in [1.807, 2.05) is 41.3 Å². The third-order valence-electron chi connectivity index (χ3n) is 5.89. The number of halogens is 2. The van der Waals surface area contributed by atoms with Crippen LogP contribution in [0.2, 0.25) is 10.0 Å². The molecule has 0 saturated heterocycles. The molecule has 0 bridgehead atoms. The Bertz CT molecular complexity index is 1280. The van der Waals surface area contributed by atoms with Crippen LogP contribution in [0.25, 0.3) is 10.9 Å². The number of methoxy groups -OCH3 is 1. The number of para-hydroxylation sites is 1. The van der Waals surface area contributed by atoms with Gasteiger partial charge in [0.05, 0.1) is 23.7 Å². The highest BCUT2D eigenvalue weighted by Gasteiger charge is 2.35.